The summed E-state index contributed by atoms with van der Waals surface area (Å²) in [5.74, 6) is -1.51. The van der Waals surface area contributed by atoms with Crippen molar-refractivity contribution in [2.75, 3.05) is 0 Å². The molecule has 2 aliphatic rings. The van der Waals surface area contributed by atoms with Crippen LogP contribution < -0.4 is 5.43 Å². The first-order valence-corrected chi connectivity index (χ1v) is 11.3. The summed E-state index contributed by atoms with van der Waals surface area (Å²) < 4.78 is 8.77. The van der Waals surface area contributed by atoms with Gasteiger partial charge in [0, 0.05) is 40.0 Å². The normalized spacial score (nSPS) is 11.5. The summed E-state index contributed by atoms with van der Waals surface area (Å²) in [6.45, 7) is 1.91. The molecule has 0 bridgehead atoms. The molecular formula is C20H10Br4O5. The predicted octanol–water partition coefficient (Wildman–Crippen LogP) is 7.04. The molecule has 1 aliphatic heterocycles. The fourth-order valence-corrected chi connectivity index (χ4v) is 5.78. The van der Waals surface area contributed by atoms with Crippen molar-refractivity contribution >= 4 is 74.7 Å². The second-order valence-electron chi connectivity index (χ2n) is 6.33. The van der Waals surface area contributed by atoms with Crippen LogP contribution in [-0.2, 0) is 0 Å². The molecule has 148 valence electrons. The first-order chi connectivity index (χ1) is 13.6. The van der Waals surface area contributed by atoms with Gasteiger partial charge in [-0.05, 0) is 100 Å². The Kier molecular flexibility index (Phi) is 5.21. The molecule has 5 nitrogen and oxygen atoms in total. The summed E-state index contributed by atoms with van der Waals surface area (Å²) in [5.41, 5.74) is 2.05. The second-order valence-corrected chi connectivity index (χ2v) is 9.50. The van der Waals surface area contributed by atoms with E-state index in [9.17, 15) is 20.1 Å². The first-order valence-electron chi connectivity index (χ1n) is 8.11. The lowest BCUT2D eigenvalue weighted by molar-refractivity contribution is 0.398. The van der Waals surface area contributed by atoms with Gasteiger partial charge in [-0.1, -0.05) is 0 Å². The molecule has 0 spiro atoms. The van der Waals surface area contributed by atoms with Gasteiger partial charge in [-0.2, -0.15) is 0 Å². The highest BCUT2D eigenvalue weighted by molar-refractivity contribution is 9.15. The van der Waals surface area contributed by atoms with Gasteiger partial charge in [0.2, 0.25) is 16.9 Å². The zero-order valence-electron chi connectivity index (χ0n) is 14.5. The number of aromatic hydroxyl groups is 3. The SMILES string of the molecule is Cc1c(Br)c(Br)c(Br)c(Br)c1-c1c2ccc(=O)c(O)c-2oc2c(O)c(O)ccc12. The monoisotopic (exact) mass is 646 g/mol. The Morgan fingerprint density at radius 2 is 1.45 bits per heavy atom. The fraction of sp³-hybridized carbons (Fsp3) is 0.0500. The molecule has 3 N–H and O–H groups in total. The lowest BCUT2D eigenvalue weighted by Crippen LogP contribution is -2.03. The summed E-state index contributed by atoms with van der Waals surface area (Å²) >= 11 is 14.3. The van der Waals surface area contributed by atoms with E-state index in [2.05, 4.69) is 63.7 Å². The summed E-state index contributed by atoms with van der Waals surface area (Å²) in [6.07, 6.45) is 0. The fourth-order valence-electron chi connectivity index (χ4n) is 3.27. The maximum atomic E-state index is 12.0. The second kappa shape index (κ2) is 7.30. The van der Waals surface area contributed by atoms with Gasteiger partial charge < -0.3 is 19.7 Å². The Labute approximate surface area is 197 Å². The third-order valence-corrected chi connectivity index (χ3v) is 9.67. The van der Waals surface area contributed by atoms with E-state index in [0.29, 0.717) is 16.5 Å². The van der Waals surface area contributed by atoms with Gasteiger partial charge in [-0.15, -0.1) is 0 Å². The highest BCUT2D eigenvalue weighted by atomic mass is 79.9. The Hall–Kier alpha value is -1.55. The van der Waals surface area contributed by atoms with Gasteiger partial charge in [0.15, 0.2) is 17.1 Å². The van der Waals surface area contributed by atoms with Crippen LogP contribution in [0.25, 0.3) is 33.4 Å². The van der Waals surface area contributed by atoms with E-state index in [1.807, 2.05) is 6.92 Å². The third kappa shape index (κ3) is 3.01. The van der Waals surface area contributed by atoms with Crippen LogP contribution >= 0.6 is 63.7 Å². The minimum absolute atomic E-state index is 0.0464. The van der Waals surface area contributed by atoms with Gasteiger partial charge in [0.05, 0.1) is 0 Å². The lowest BCUT2D eigenvalue weighted by Gasteiger charge is -2.21. The Morgan fingerprint density at radius 1 is 0.793 bits per heavy atom. The van der Waals surface area contributed by atoms with Crippen LogP contribution in [0.4, 0.5) is 0 Å². The van der Waals surface area contributed by atoms with Gasteiger partial charge in [-0.25, -0.2) is 0 Å². The summed E-state index contributed by atoms with van der Waals surface area (Å²) in [7, 11) is 0. The van der Waals surface area contributed by atoms with Crippen molar-refractivity contribution in [1.82, 2.24) is 0 Å². The standard InChI is InChI=1S/C20H10Br4O5/c1-6-11(14(22)16(24)15(23)13(6)21)12-7-2-4-9(25)17(27)19(7)29-20-8(12)3-5-10(26)18(20)28/h2-5,25,27-28H,1H3. The zero-order chi connectivity index (χ0) is 21.2. The van der Waals surface area contributed by atoms with Crippen LogP contribution in [0.2, 0.25) is 0 Å². The number of benzene rings is 3. The average molecular weight is 650 g/mol. The van der Waals surface area contributed by atoms with E-state index in [0.717, 1.165) is 29.0 Å². The molecule has 0 amide bonds. The van der Waals surface area contributed by atoms with Crippen molar-refractivity contribution in [2.45, 2.75) is 6.92 Å². The van der Waals surface area contributed by atoms with E-state index in [1.54, 1.807) is 12.1 Å². The van der Waals surface area contributed by atoms with Crippen molar-refractivity contribution < 1.29 is 19.7 Å². The van der Waals surface area contributed by atoms with Crippen LogP contribution in [0.3, 0.4) is 0 Å². The number of halogens is 4. The van der Waals surface area contributed by atoms with Gasteiger partial charge in [0.25, 0.3) is 0 Å². The van der Waals surface area contributed by atoms with Gasteiger partial charge in [0.1, 0.15) is 0 Å². The number of phenolic OH excluding ortho intramolecular Hbond substituents is 3. The van der Waals surface area contributed by atoms with Crippen LogP contribution in [-0.4, -0.2) is 15.3 Å². The molecule has 2 aromatic carbocycles. The summed E-state index contributed by atoms with van der Waals surface area (Å²) in [6, 6.07) is 5.79. The van der Waals surface area contributed by atoms with Crippen LogP contribution in [0.15, 0.2) is 51.4 Å². The van der Waals surface area contributed by atoms with E-state index in [4.69, 9.17) is 4.42 Å². The predicted molar refractivity (Wildman–Crippen MR) is 125 cm³/mol. The molecule has 9 heteroatoms. The van der Waals surface area contributed by atoms with E-state index in [-0.39, 0.29) is 17.1 Å². The first kappa shape index (κ1) is 20.7. The molecule has 0 saturated carbocycles. The average Bonchev–Trinajstić information content (AvgIpc) is 2.70. The van der Waals surface area contributed by atoms with E-state index < -0.39 is 16.9 Å². The number of rotatable bonds is 1. The molecule has 0 aromatic heterocycles. The number of fused-ring (bicyclic) bond motifs is 2. The van der Waals surface area contributed by atoms with Crippen molar-refractivity contribution in [3.63, 3.8) is 0 Å². The molecule has 29 heavy (non-hydrogen) atoms. The maximum Gasteiger partial charge on any atom is 0.224 e. The summed E-state index contributed by atoms with van der Waals surface area (Å²) in [4.78, 5) is 12.0. The van der Waals surface area contributed by atoms with Crippen molar-refractivity contribution in [1.29, 1.82) is 0 Å². The number of hydrogen-bond acceptors (Lipinski definition) is 5. The highest BCUT2D eigenvalue weighted by Gasteiger charge is 2.28. The lowest BCUT2D eigenvalue weighted by atomic mass is 9.90. The largest absolute Gasteiger partial charge is 0.504 e. The minimum atomic E-state index is -0.611. The Morgan fingerprint density at radius 3 is 2.14 bits per heavy atom. The smallest absolute Gasteiger partial charge is 0.224 e. The molecule has 0 fully saturated rings. The van der Waals surface area contributed by atoms with E-state index >= 15 is 0 Å². The Balaban J connectivity index is 2.34. The summed E-state index contributed by atoms with van der Waals surface area (Å²) in [5, 5.41) is 31.2. The van der Waals surface area contributed by atoms with Crippen molar-refractivity contribution in [3.05, 3.63) is 57.9 Å². The molecule has 0 saturated heterocycles. The maximum absolute atomic E-state index is 12.0. The van der Waals surface area contributed by atoms with Crippen LogP contribution in [0.1, 0.15) is 5.56 Å². The molecule has 0 unspecified atom stereocenters. The molecule has 4 rings (SSSR count). The van der Waals surface area contributed by atoms with Crippen LogP contribution in [0.5, 0.6) is 17.2 Å². The zero-order valence-corrected chi connectivity index (χ0v) is 20.8. The topological polar surface area (TPSA) is 90.9 Å². The van der Waals surface area contributed by atoms with Crippen molar-refractivity contribution in [3.8, 4) is 39.7 Å². The van der Waals surface area contributed by atoms with Gasteiger partial charge in [-0.3, -0.25) is 4.79 Å². The molecule has 1 heterocycles. The van der Waals surface area contributed by atoms with Crippen LogP contribution in [0, 0.1) is 6.92 Å². The molecule has 0 radical (unpaired) electrons. The number of phenols is 3. The minimum Gasteiger partial charge on any atom is -0.504 e. The number of hydrogen-bond donors (Lipinski definition) is 3. The molecule has 1 aliphatic carbocycles. The van der Waals surface area contributed by atoms with Crippen molar-refractivity contribution in [2.24, 2.45) is 0 Å². The molecule has 2 aromatic rings. The third-order valence-electron chi connectivity index (χ3n) is 4.70. The molecular weight excluding hydrogens is 640 g/mol. The Bertz CT molecular complexity index is 1330. The highest BCUT2D eigenvalue weighted by Crippen LogP contribution is 2.52. The van der Waals surface area contributed by atoms with Gasteiger partial charge >= 0.3 is 0 Å². The quantitative estimate of drug-likeness (QED) is 0.0891. The molecule has 0 atom stereocenters. The van der Waals surface area contributed by atoms with E-state index in [1.165, 1.54) is 12.1 Å².